The third kappa shape index (κ3) is 11.0. The van der Waals surface area contributed by atoms with Gasteiger partial charge in [0.15, 0.2) is 30.3 Å². The molecule has 0 amide bonds. The molecule has 10 atom stereocenters. The zero-order valence-electron chi connectivity index (χ0n) is 33.6. The Bertz CT molecular complexity index is 2050. The van der Waals surface area contributed by atoms with Gasteiger partial charge in [0.2, 0.25) is 5.82 Å². The van der Waals surface area contributed by atoms with Gasteiger partial charge in [-0.05, 0) is 19.4 Å². The Morgan fingerprint density at radius 3 is 2.12 bits per heavy atom. The van der Waals surface area contributed by atoms with Crippen molar-refractivity contribution < 1.29 is 85.3 Å². The number of hydrogen-bond acceptors (Lipinski definition) is 19. The molecule has 1 N–H and O–H groups in total. The van der Waals surface area contributed by atoms with Crippen molar-refractivity contribution in [3.8, 4) is 0 Å². The summed E-state index contributed by atoms with van der Waals surface area (Å²) in [6.07, 6.45) is -13.9. The Hall–Kier alpha value is -5.55. The van der Waals surface area contributed by atoms with E-state index >= 15 is 0 Å². The van der Waals surface area contributed by atoms with Crippen molar-refractivity contribution >= 4 is 35.8 Å². The summed E-state index contributed by atoms with van der Waals surface area (Å²) in [6, 6.07) is 8.38. The van der Waals surface area contributed by atoms with Gasteiger partial charge < -0.3 is 52.1 Å². The molecule has 0 radical (unpaired) electrons. The first-order valence-corrected chi connectivity index (χ1v) is 18.6. The summed E-state index contributed by atoms with van der Waals surface area (Å²) in [4.78, 5) is 103. The van der Waals surface area contributed by atoms with Crippen molar-refractivity contribution in [2.45, 2.75) is 128 Å². The number of carbonyl (C=O) groups excluding carboxylic acids is 6. The van der Waals surface area contributed by atoms with Crippen LogP contribution in [0.4, 0.5) is 4.39 Å². The molecule has 21 nitrogen and oxygen atoms in total. The monoisotopic (exact) mass is 852 g/mol. The number of fused-ring (bicyclic) bond motifs is 1. The van der Waals surface area contributed by atoms with E-state index in [4.69, 9.17) is 52.1 Å². The zero-order chi connectivity index (χ0) is 44.1. The standard InChI is InChI=1S/C38H45FN2O19/c1-18(42)50-16-26(54-20(3)44)29(56-22(5)46)31-28(55-21(4)45)25(53-19(2)43)13-38(60-31,35(48)51-15-23-11-9-8-10-12-23)52-17-27-30-32(59-37(6,7)58-30)34(57-27)41-14-24(39)33(47)40-36(41)49/h8-12,14,25-32,34H,13,15-17H2,1-7H3,(H,40,47,49)/t25-,26+,27+,28+,29+,30+,31+,32+,34+,38+/m0/s1. The van der Waals surface area contributed by atoms with Crippen LogP contribution in [0, 0.1) is 5.82 Å². The molecule has 1 aromatic carbocycles. The zero-order valence-corrected chi connectivity index (χ0v) is 33.6. The minimum Gasteiger partial charge on any atom is -0.462 e. The highest BCUT2D eigenvalue weighted by Crippen LogP contribution is 2.44. The van der Waals surface area contributed by atoms with E-state index < -0.39 is 139 Å². The van der Waals surface area contributed by atoms with Crippen LogP contribution in [-0.4, -0.2) is 119 Å². The summed E-state index contributed by atoms with van der Waals surface area (Å²) < 4.78 is 79.1. The summed E-state index contributed by atoms with van der Waals surface area (Å²) in [6.45, 7) is 6.36. The van der Waals surface area contributed by atoms with Crippen LogP contribution in [0.2, 0.25) is 0 Å². The van der Waals surface area contributed by atoms with E-state index in [1.54, 1.807) is 44.2 Å². The molecule has 22 heteroatoms. The van der Waals surface area contributed by atoms with Gasteiger partial charge in [0.1, 0.15) is 43.7 Å². The molecule has 1 aromatic heterocycles. The number of halogens is 1. The quantitative estimate of drug-likeness (QED) is 0.190. The first-order valence-electron chi connectivity index (χ1n) is 18.6. The number of nitrogens with one attached hydrogen (secondary N) is 1. The number of carbonyl (C=O) groups is 6. The third-order valence-electron chi connectivity index (χ3n) is 9.19. The maximum Gasteiger partial charge on any atom is 0.367 e. The van der Waals surface area contributed by atoms with Crippen LogP contribution < -0.4 is 11.2 Å². The second-order valence-corrected chi connectivity index (χ2v) is 14.4. The van der Waals surface area contributed by atoms with Crippen molar-refractivity contribution in [2.24, 2.45) is 0 Å². The number of H-pyrrole nitrogens is 1. The molecular formula is C38H45FN2O19. The number of ether oxygens (including phenoxy) is 11. The molecule has 60 heavy (non-hydrogen) atoms. The van der Waals surface area contributed by atoms with E-state index in [-0.39, 0.29) is 6.61 Å². The average molecular weight is 853 g/mol. The molecule has 4 heterocycles. The maximum atomic E-state index is 14.5. The SMILES string of the molecule is CC(=O)OC[C@@H](OC(C)=O)[C@@H](OC(C)=O)[C@@H]1O[C@@](OC[C@H]2O[C@@H](n3cc(F)c(=O)[nH]c3=O)[C@@H]3OC(C)(C)O[C@@H]32)(C(=O)OCc2ccccc2)C[C@H](OC(C)=O)[C@H]1OC(C)=O. The Morgan fingerprint density at radius 2 is 1.50 bits per heavy atom. The summed E-state index contributed by atoms with van der Waals surface area (Å²) in [5.41, 5.74) is -1.81. The summed E-state index contributed by atoms with van der Waals surface area (Å²) in [5, 5.41) is 0. The van der Waals surface area contributed by atoms with Gasteiger partial charge in [-0.15, -0.1) is 0 Å². The molecular weight excluding hydrogens is 807 g/mol. The van der Waals surface area contributed by atoms with Crippen LogP contribution in [0.5, 0.6) is 0 Å². The Balaban J connectivity index is 1.62. The fourth-order valence-electron chi connectivity index (χ4n) is 6.99. The Morgan fingerprint density at radius 1 is 0.850 bits per heavy atom. The normalized spacial score (nSPS) is 27.7. The number of nitrogens with zero attached hydrogens (tertiary/aromatic N) is 1. The second-order valence-electron chi connectivity index (χ2n) is 14.4. The van der Waals surface area contributed by atoms with Gasteiger partial charge in [0.05, 0.1) is 19.2 Å². The fraction of sp³-hybridized carbons (Fsp3) is 0.579. The van der Waals surface area contributed by atoms with Crippen LogP contribution in [0.3, 0.4) is 0 Å². The summed E-state index contributed by atoms with van der Waals surface area (Å²) in [7, 11) is 0. The minimum absolute atomic E-state index is 0.362. The first-order chi connectivity index (χ1) is 28.2. The number of rotatable bonds is 15. The lowest BCUT2D eigenvalue weighted by Crippen LogP contribution is -2.66. The van der Waals surface area contributed by atoms with E-state index in [0.29, 0.717) is 11.8 Å². The summed E-state index contributed by atoms with van der Waals surface area (Å²) in [5.74, 6) is -11.3. The molecule has 0 unspecified atom stereocenters. The predicted octanol–water partition coefficient (Wildman–Crippen LogP) is 0.628. The van der Waals surface area contributed by atoms with E-state index in [1.165, 1.54) is 0 Å². The van der Waals surface area contributed by atoms with Crippen molar-refractivity contribution in [1.82, 2.24) is 9.55 Å². The maximum absolute atomic E-state index is 14.5. The second kappa shape index (κ2) is 18.8. The van der Waals surface area contributed by atoms with Crippen LogP contribution in [0.1, 0.15) is 66.7 Å². The highest BCUT2D eigenvalue weighted by atomic mass is 19.1. The van der Waals surface area contributed by atoms with Crippen LogP contribution in [-0.2, 0) is 87.5 Å². The number of esters is 6. The van der Waals surface area contributed by atoms with Crippen LogP contribution in [0.25, 0.3) is 0 Å². The van der Waals surface area contributed by atoms with E-state index in [2.05, 4.69) is 0 Å². The van der Waals surface area contributed by atoms with Crippen LogP contribution >= 0.6 is 0 Å². The Kier molecular flexibility index (Phi) is 14.3. The van der Waals surface area contributed by atoms with Gasteiger partial charge >= 0.3 is 41.5 Å². The molecule has 5 rings (SSSR count). The first kappa shape index (κ1) is 45.5. The lowest BCUT2D eigenvalue weighted by molar-refractivity contribution is -0.336. The van der Waals surface area contributed by atoms with Gasteiger partial charge in [-0.3, -0.25) is 38.3 Å². The van der Waals surface area contributed by atoms with Crippen molar-refractivity contribution in [3.63, 3.8) is 0 Å². The number of benzene rings is 1. The number of aromatic nitrogens is 2. The van der Waals surface area contributed by atoms with E-state index in [0.717, 1.165) is 39.2 Å². The smallest absolute Gasteiger partial charge is 0.367 e. The van der Waals surface area contributed by atoms with Crippen molar-refractivity contribution in [2.75, 3.05) is 13.2 Å². The average Bonchev–Trinajstić information content (AvgIpc) is 3.65. The Labute approximate surface area is 340 Å². The molecule has 3 aliphatic heterocycles. The van der Waals surface area contributed by atoms with E-state index in [1.807, 2.05) is 4.98 Å². The van der Waals surface area contributed by atoms with Crippen LogP contribution in [0.15, 0.2) is 46.1 Å². The van der Waals surface area contributed by atoms with Gasteiger partial charge in [-0.25, -0.2) is 9.59 Å². The molecule has 3 aliphatic rings. The molecule has 3 saturated heterocycles. The van der Waals surface area contributed by atoms with Gasteiger partial charge in [-0.2, -0.15) is 4.39 Å². The minimum atomic E-state index is -2.70. The third-order valence-corrected chi connectivity index (χ3v) is 9.19. The molecule has 328 valence electrons. The summed E-state index contributed by atoms with van der Waals surface area (Å²) >= 11 is 0. The van der Waals surface area contributed by atoms with Crippen molar-refractivity contribution in [1.29, 1.82) is 0 Å². The molecule has 0 saturated carbocycles. The largest absolute Gasteiger partial charge is 0.462 e. The van der Waals surface area contributed by atoms with Gasteiger partial charge in [-0.1, -0.05) is 30.3 Å². The lowest BCUT2D eigenvalue weighted by atomic mass is 9.89. The van der Waals surface area contributed by atoms with Crippen molar-refractivity contribution in [3.05, 3.63) is 68.7 Å². The van der Waals surface area contributed by atoms with Gasteiger partial charge in [0.25, 0.3) is 11.3 Å². The highest BCUT2D eigenvalue weighted by molar-refractivity contribution is 5.78. The predicted molar refractivity (Wildman–Crippen MR) is 192 cm³/mol. The highest BCUT2D eigenvalue weighted by Gasteiger charge is 2.62. The molecule has 0 spiro atoms. The molecule has 3 fully saturated rings. The van der Waals surface area contributed by atoms with E-state index in [9.17, 15) is 42.7 Å². The van der Waals surface area contributed by atoms with Gasteiger partial charge in [0, 0.05) is 34.6 Å². The lowest BCUT2D eigenvalue weighted by Gasteiger charge is -2.48. The number of hydrogen-bond donors (Lipinski definition) is 1. The molecule has 2 aromatic rings. The fourth-order valence-corrected chi connectivity index (χ4v) is 6.99. The number of aromatic amines is 1. The topological polar surface area (TPSA) is 259 Å². The molecule has 0 aliphatic carbocycles. The molecule has 0 bridgehead atoms.